The molecule has 13 heteroatoms. The molecule has 214 valence electrons. The first-order valence-electron chi connectivity index (χ1n) is 12.6. The molecule has 3 amide bonds. The Balaban J connectivity index is 1.35. The molecule has 0 saturated carbocycles. The van der Waals surface area contributed by atoms with Crippen LogP contribution in [-0.4, -0.2) is 34.6 Å². The van der Waals surface area contributed by atoms with Gasteiger partial charge in [0, 0.05) is 27.1 Å². The quantitative estimate of drug-likeness (QED) is 0.228. The van der Waals surface area contributed by atoms with Crippen molar-refractivity contribution < 1.29 is 19.1 Å². The van der Waals surface area contributed by atoms with Crippen LogP contribution in [0.2, 0.25) is 15.1 Å². The predicted octanol–water partition coefficient (Wildman–Crippen LogP) is 6.52. The lowest BCUT2D eigenvalue weighted by Crippen LogP contribution is -2.32. The summed E-state index contributed by atoms with van der Waals surface area (Å²) >= 11 is 20.6. The largest absolute Gasteiger partial charge is 0.483 e. The summed E-state index contributed by atoms with van der Waals surface area (Å²) in [6, 6.07) is 16.7. The summed E-state index contributed by atoms with van der Waals surface area (Å²) in [5, 5.41) is 3.44. The Bertz CT molecular complexity index is 1810. The van der Waals surface area contributed by atoms with Crippen LogP contribution < -0.4 is 19.8 Å². The topological polar surface area (TPSA) is 109 Å². The SMILES string of the molecule is Cc1ccc(N2C(=O)C3Sc4[nH]c(=O)sc4[C@H](c4cc(Cl)ccc4OCC(=O)Nc4ccc(Cl)c(Cl)c4)C3C2=O)cc1. The number of ether oxygens (including phenoxy) is 1. The predicted molar refractivity (Wildman–Crippen MR) is 166 cm³/mol. The number of imide groups is 1. The number of benzene rings is 3. The second-order valence-corrected chi connectivity index (χ2v) is 13.2. The normalized spacial score (nSPS) is 19.4. The van der Waals surface area contributed by atoms with E-state index in [-0.39, 0.29) is 28.3 Å². The highest BCUT2D eigenvalue weighted by Gasteiger charge is 2.56. The standard InChI is InChI=1S/C29H20Cl3N3O5S2/c1-13-2-6-16(7-3-13)35-27(37)23-22(24-26(34-29(39)42-24)41-25(23)28(35)38)17-10-14(30)4-9-20(17)40-12-21(36)33-15-5-8-18(31)19(32)11-15/h2-11,22-23,25H,12H2,1H3,(H,33,36)(H,34,39)/t22-,23?,25?/m1/s1. The van der Waals surface area contributed by atoms with Crippen LogP contribution in [0.4, 0.5) is 11.4 Å². The Kier molecular flexibility index (Phi) is 7.84. The maximum Gasteiger partial charge on any atom is 0.305 e. The van der Waals surface area contributed by atoms with Crippen LogP contribution in [0.3, 0.4) is 0 Å². The van der Waals surface area contributed by atoms with Gasteiger partial charge in [0.05, 0.1) is 26.7 Å². The first kappa shape index (κ1) is 28.8. The number of aryl methyl sites for hydroxylation is 1. The smallest absolute Gasteiger partial charge is 0.305 e. The number of thioether (sulfide) groups is 1. The van der Waals surface area contributed by atoms with Crippen LogP contribution >= 0.6 is 57.9 Å². The van der Waals surface area contributed by atoms with Gasteiger partial charge in [-0.3, -0.25) is 19.2 Å². The van der Waals surface area contributed by atoms with Gasteiger partial charge in [-0.15, -0.1) is 0 Å². The fraction of sp³-hybridized carbons (Fsp3) is 0.172. The second-order valence-electron chi connectivity index (χ2n) is 9.75. The minimum Gasteiger partial charge on any atom is -0.483 e. The number of carbonyl (C=O) groups is 3. The number of rotatable bonds is 6. The highest BCUT2D eigenvalue weighted by Crippen LogP contribution is 2.54. The summed E-state index contributed by atoms with van der Waals surface area (Å²) in [7, 11) is 0. The average Bonchev–Trinajstić information content (AvgIpc) is 3.44. The van der Waals surface area contributed by atoms with Crippen molar-refractivity contribution in [1.29, 1.82) is 0 Å². The van der Waals surface area contributed by atoms with E-state index in [0.29, 0.717) is 42.6 Å². The van der Waals surface area contributed by atoms with Gasteiger partial charge in [-0.2, -0.15) is 0 Å². The van der Waals surface area contributed by atoms with Gasteiger partial charge in [0.25, 0.3) is 5.91 Å². The van der Waals surface area contributed by atoms with E-state index in [1.807, 2.05) is 19.1 Å². The van der Waals surface area contributed by atoms with E-state index in [0.717, 1.165) is 16.9 Å². The minimum absolute atomic E-state index is 0.289. The van der Waals surface area contributed by atoms with Crippen LogP contribution in [0.15, 0.2) is 70.5 Å². The molecule has 1 fully saturated rings. The number of fused-ring (bicyclic) bond motifs is 2. The number of nitrogens with one attached hydrogen (secondary N) is 2. The van der Waals surface area contributed by atoms with Crippen molar-refractivity contribution in [3.8, 4) is 5.75 Å². The van der Waals surface area contributed by atoms with Gasteiger partial charge in [-0.05, 0) is 55.5 Å². The third kappa shape index (κ3) is 5.33. The highest BCUT2D eigenvalue weighted by molar-refractivity contribution is 8.00. The zero-order chi connectivity index (χ0) is 29.7. The molecule has 3 heterocycles. The van der Waals surface area contributed by atoms with Gasteiger partial charge in [-0.25, -0.2) is 4.90 Å². The van der Waals surface area contributed by atoms with E-state index in [2.05, 4.69) is 10.3 Å². The number of hydrogen-bond acceptors (Lipinski definition) is 7. The van der Waals surface area contributed by atoms with Crippen LogP contribution in [0.1, 0.15) is 21.9 Å². The van der Waals surface area contributed by atoms with Gasteiger partial charge >= 0.3 is 4.87 Å². The van der Waals surface area contributed by atoms with Crippen molar-refractivity contribution >= 4 is 87.0 Å². The number of carbonyl (C=O) groups excluding carboxylic acids is 3. The van der Waals surface area contributed by atoms with E-state index >= 15 is 0 Å². The molecule has 0 spiro atoms. The van der Waals surface area contributed by atoms with Gasteiger partial charge in [0.1, 0.15) is 11.0 Å². The maximum absolute atomic E-state index is 14.0. The van der Waals surface area contributed by atoms with Crippen molar-refractivity contribution in [2.45, 2.75) is 23.1 Å². The number of nitrogens with zero attached hydrogens (tertiary/aromatic N) is 1. The molecule has 2 unspecified atom stereocenters. The lowest BCUT2D eigenvalue weighted by atomic mass is 9.82. The molecule has 1 aromatic heterocycles. The molecule has 0 radical (unpaired) electrons. The first-order valence-corrected chi connectivity index (χ1v) is 15.4. The average molecular weight is 661 g/mol. The van der Waals surface area contributed by atoms with Gasteiger partial charge < -0.3 is 15.0 Å². The van der Waals surface area contributed by atoms with E-state index in [4.69, 9.17) is 39.5 Å². The summed E-state index contributed by atoms with van der Waals surface area (Å²) < 4.78 is 5.96. The number of thiazole rings is 1. The summed E-state index contributed by atoms with van der Waals surface area (Å²) in [5.41, 5.74) is 2.40. The third-order valence-electron chi connectivity index (χ3n) is 6.99. The van der Waals surface area contributed by atoms with Crippen LogP contribution in [-0.2, 0) is 14.4 Å². The zero-order valence-corrected chi connectivity index (χ0v) is 25.6. The zero-order valence-electron chi connectivity index (χ0n) is 21.7. The number of H-pyrrole nitrogens is 1. The van der Waals surface area contributed by atoms with Crippen molar-refractivity contribution in [3.63, 3.8) is 0 Å². The molecule has 0 aliphatic carbocycles. The molecule has 1 saturated heterocycles. The number of aromatic nitrogens is 1. The Morgan fingerprint density at radius 1 is 0.976 bits per heavy atom. The lowest BCUT2D eigenvalue weighted by molar-refractivity contribution is -0.122. The van der Waals surface area contributed by atoms with Crippen molar-refractivity contribution in [2.75, 3.05) is 16.8 Å². The lowest BCUT2D eigenvalue weighted by Gasteiger charge is -2.31. The molecule has 2 aliphatic rings. The number of amides is 3. The summed E-state index contributed by atoms with van der Waals surface area (Å²) in [5.74, 6) is -2.49. The number of halogens is 3. The summed E-state index contributed by atoms with van der Waals surface area (Å²) in [6.07, 6.45) is 0. The molecule has 8 nitrogen and oxygen atoms in total. The third-order valence-corrected chi connectivity index (χ3v) is 10.4. The Morgan fingerprint density at radius 3 is 2.48 bits per heavy atom. The highest BCUT2D eigenvalue weighted by atomic mass is 35.5. The number of aromatic amines is 1. The molecule has 3 atom stereocenters. The van der Waals surface area contributed by atoms with Gasteiger partial charge in [0.2, 0.25) is 11.8 Å². The van der Waals surface area contributed by atoms with E-state index in [9.17, 15) is 19.2 Å². The Hall–Kier alpha value is -3.28. The second kappa shape index (κ2) is 11.4. The van der Waals surface area contributed by atoms with Crippen LogP contribution in [0, 0.1) is 12.8 Å². The van der Waals surface area contributed by atoms with Crippen molar-refractivity contribution in [3.05, 3.63) is 101 Å². The van der Waals surface area contributed by atoms with Gasteiger partial charge in [-0.1, -0.05) is 75.6 Å². The molecule has 42 heavy (non-hydrogen) atoms. The molecule has 3 aromatic carbocycles. The maximum atomic E-state index is 14.0. The molecule has 0 bridgehead atoms. The van der Waals surface area contributed by atoms with Crippen LogP contribution in [0.5, 0.6) is 5.75 Å². The molecule has 4 aromatic rings. The molecule has 2 N–H and O–H groups in total. The monoisotopic (exact) mass is 659 g/mol. The van der Waals surface area contributed by atoms with Gasteiger partial charge in [0.15, 0.2) is 6.61 Å². The summed E-state index contributed by atoms with van der Waals surface area (Å²) in [4.78, 5) is 57.2. The van der Waals surface area contributed by atoms with E-state index in [1.165, 1.54) is 22.7 Å². The fourth-order valence-electron chi connectivity index (χ4n) is 5.11. The molecular formula is C29H20Cl3N3O5S2. The van der Waals surface area contributed by atoms with Crippen LogP contribution in [0.25, 0.3) is 0 Å². The molecule has 2 aliphatic heterocycles. The Labute approximate surface area is 262 Å². The van der Waals surface area contributed by atoms with Crippen molar-refractivity contribution in [1.82, 2.24) is 4.98 Å². The fourth-order valence-corrected chi connectivity index (χ4v) is 8.09. The first-order chi connectivity index (χ1) is 20.1. The molecular weight excluding hydrogens is 641 g/mol. The minimum atomic E-state index is -0.839. The van der Waals surface area contributed by atoms with E-state index < -0.39 is 23.0 Å². The van der Waals surface area contributed by atoms with E-state index in [1.54, 1.807) is 42.5 Å². The summed E-state index contributed by atoms with van der Waals surface area (Å²) in [6.45, 7) is 1.55. The number of hydrogen-bond donors (Lipinski definition) is 2. The van der Waals surface area contributed by atoms with Crippen molar-refractivity contribution in [2.24, 2.45) is 5.92 Å². The Morgan fingerprint density at radius 2 is 1.74 bits per heavy atom. The molecule has 6 rings (SSSR count). The number of anilines is 2.